The molecule has 0 spiro atoms. The van der Waals surface area contributed by atoms with Crippen LogP contribution in [0.3, 0.4) is 0 Å². The summed E-state index contributed by atoms with van der Waals surface area (Å²) < 4.78 is 43.7. The Hall–Kier alpha value is -2.37. The van der Waals surface area contributed by atoms with E-state index < -0.39 is 11.7 Å². The van der Waals surface area contributed by atoms with E-state index in [4.69, 9.17) is 4.74 Å². The van der Waals surface area contributed by atoms with E-state index in [0.717, 1.165) is 12.3 Å². The lowest BCUT2D eigenvalue weighted by atomic mass is 10.2. The summed E-state index contributed by atoms with van der Waals surface area (Å²) in [5, 5.41) is 0. The molecule has 0 saturated heterocycles. The van der Waals surface area contributed by atoms with Gasteiger partial charge in [0.2, 0.25) is 0 Å². The molecule has 0 aliphatic carbocycles. The van der Waals surface area contributed by atoms with Crippen molar-refractivity contribution in [1.82, 2.24) is 4.98 Å². The molecule has 1 aromatic heterocycles. The van der Waals surface area contributed by atoms with Crippen molar-refractivity contribution in [2.45, 2.75) is 13.1 Å². The second kappa shape index (κ2) is 4.33. The normalized spacial score (nSPS) is 13.7. The molecular formula is C14H9F3N2O. The number of pyridine rings is 1. The van der Waals surface area contributed by atoms with E-state index in [1.54, 1.807) is 31.2 Å². The molecule has 1 aromatic carbocycles. The molecule has 3 rings (SSSR count). The Labute approximate surface area is 112 Å². The van der Waals surface area contributed by atoms with Crippen LogP contribution < -0.4 is 4.74 Å². The number of alkyl halides is 3. The van der Waals surface area contributed by atoms with Gasteiger partial charge in [-0.05, 0) is 25.1 Å². The van der Waals surface area contributed by atoms with Gasteiger partial charge in [-0.1, -0.05) is 12.1 Å². The molecule has 6 heteroatoms. The minimum atomic E-state index is -4.46. The summed E-state index contributed by atoms with van der Waals surface area (Å²) in [5.74, 6) is 0.470. The molecule has 0 bridgehead atoms. The van der Waals surface area contributed by atoms with Gasteiger partial charge in [-0.2, -0.15) is 13.2 Å². The highest BCUT2D eigenvalue weighted by molar-refractivity contribution is 6.02. The third-order valence-electron chi connectivity index (χ3n) is 2.90. The van der Waals surface area contributed by atoms with Crippen LogP contribution in [0.1, 0.15) is 18.2 Å². The number of hydrogen-bond acceptors (Lipinski definition) is 3. The first kappa shape index (κ1) is 12.7. The van der Waals surface area contributed by atoms with Crippen molar-refractivity contribution < 1.29 is 17.9 Å². The van der Waals surface area contributed by atoms with Crippen molar-refractivity contribution in [3.63, 3.8) is 0 Å². The Morgan fingerprint density at radius 1 is 1.10 bits per heavy atom. The molecule has 2 heterocycles. The van der Waals surface area contributed by atoms with Crippen LogP contribution in [0.15, 0.2) is 41.5 Å². The molecule has 3 nitrogen and oxygen atoms in total. The number of halogens is 3. The zero-order chi connectivity index (χ0) is 14.3. The molecule has 2 aromatic rings. The average Bonchev–Trinajstić information content (AvgIpc) is 2.53. The van der Waals surface area contributed by atoms with E-state index >= 15 is 0 Å². The van der Waals surface area contributed by atoms with Gasteiger partial charge in [0.05, 0.1) is 11.3 Å². The average molecular weight is 278 g/mol. The van der Waals surface area contributed by atoms with E-state index in [1.807, 2.05) is 0 Å². The zero-order valence-corrected chi connectivity index (χ0v) is 10.4. The van der Waals surface area contributed by atoms with E-state index in [2.05, 4.69) is 9.98 Å². The number of nitrogens with zero attached hydrogens (tertiary/aromatic N) is 2. The molecule has 1 aliphatic rings. The summed E-state index contributed by atoms with van der Waals surface area (Å²) >= 11 is 0. The van der Waals surface area contributed by atoms with Crippen molar-refractivity contribution in [3.8, 4) is 11.5 Å². The summed E-state index contributed by atoms with van der Waals surface area (Å²) in [6.45, 7) is 1.69. The molecule has 0 N–H and O–H groups in total. The fourth-order valence-corrected chi connectivity index (χ4v) is 1.94. The highest BCUT2D eigenvalue weighted by atomic mass is 19.4. The summed E-state index contributed by atoms with van der Waals surface area (Å²) in [6.07, 6.45) is -3.67. The Kier molecular flexibility index (Phi) is 2.74. The smallest absolute Gasteiger partial charge is 0.418 e. The van der Waals surface area contributed by atoms with E-state index in [-0.39, 0.29) is 5.75 Å². The van der Waals surface area contributed by atoms with E-state index in [9.17, 15) is 13.2 Å². The van der Waals surface area contributed by atoms with Gasteiger partial charge >= 0.3 is 6.18 Å². The lowest BCUT2D eigenvalue weighted by Crippen LogP contribution is -2.08. The van der Waals surface area contributed by atoms with Gasteiger partial charge in [0.1, 0.15) is 11.4 Å². The van der Waals surface area contributed by atoms with Crippen LogP contribution in [0.2, 0.25) is 0 Å². The number of rotatable bonds is 0. The lowest BCUT2D eigenvalue weighted by molar-refractivity contribution is -0.137. The van der Waals surface area contributed by atoms with Gasteiger partial charge in [0.15, 0.2) is 11.5 Å². The minimum absolute atomic E-state index is 0.0611. The van der Waals surface area contributed by atoms with Gasteiger partial charge in [-0.25, -0.2) is 4.99 Å². The quantitative estimate of drug-likeness (QED) is 0.718. The SMILES string of the molecule is CC1=Nc2ccccc2Oc2cc(C(F)(F)F)cnc21. The largest absolute Gasteiger partial charge is 0.453 e. The second-order valence-electron chi connectivity index (χ2n) is 4.34. The van der Waals surface area contributed by atoms with Crippen LogP contribution in [0.5, 0.6) is 11.5 Å². The van der Waals surface area contributed by atoms with Crippen LogP contribution in [-0.4, -0.2) is 10.7 Å². The maximum Gasteiger partial charge on any atom is 0.418 e. The van der Waals surface area contributed by atoms with Gasteiger partial charge in [0, 0.05) is 6.20 Å². The molecule has 1 aliphatic heterocycles. The standard InChI is InChI=1S/C14H9F3N2O/c1-8-13-12(6-9(7-18-13)14(15,16)17)20-11-5-3-2-4-10(11)19-8/h2-7H,1H3. The molecular weight excluding hydrogens is 269 g/mol. The van der Waals surface area contributed by atoms with E-state index in [1.165, 1.54) is 0 Å². The van der Waals surface area contributed by atoms with E-state index in [0.29, 0.717) is 22.8 Å². The number of para-hydroxylation sites is 2. The van der Waals surface area contributed by atoms with Crippen LogP contribution in [-0.2, 0) is 6.18 Å². The number of ether oxygens (including phenoxy) is 1. The number of hydrogen-bond donors (Lipinski definition) is 0. The fraction of sp³-hybridized carbons (Fsp3) is 0.143. The number of aliphatic imine (C=N–C) groups is 1. The zero-order valence-electron chi connectivity index (χ0n) is 10.4. The first-order valence-electron chi connectivity index (χ1n) is 5.85. The highest BCUT2D eigenvalue weighted by Crippen LogP contribution is 2.39. The first-order valence-corrected chi connectivity index (χ1v) is 5.85. The molecule has 0 radical (unpaired) electrons. The van der Waals surface area contributed by atoms with Crippen LogP contribution in [0.4, 0.5) is 18.9 Å². The third kappa shape index (κ3) is 2.13. The molecule has 0 atom stereocenters. The topological polar surface area (TPSA) is 34.5 Å². The molecule has 0 unspecified atom stereocenters. The molecule has 102 valence electrons. The predicted octanol–water partition coefficient (Wildman–Crippen LogP) is 4.35. The maximum atomic E-state index is 12.7. The van der Waals surface area contributed by atoms with Crippen LogP contribution in [0, 0.1) is 0 Å². The third-order valence-corrected chi connectivity index (χ3v) is 2.90. The van der Waals surface area contributed by atoms with Crippen molar-refractivity contribution in [1.29, 1.82) is 0 Å². The van der Waals surface area contributed by atoms with Crippen LogP contribution >= 0.6 is 0 Å². The first-order chi connectivity index (χ1) is 9.45. The fourth-order valence-electron chi connectivity index (χ4n) is 1.94. The summed E-state index contributed by atoms with van der Waals surface area (Å²) in [6, 6.07) is 7.85. The van der Waals surface area contributed by atoms with Gasteiger partial charge < -0.3 is 4.74 Å². The van der Waals surface area contributed by atoms with Crippen molar-refractivity contribution in [2.24, 2.45) is 4.99 Å². The summed E-state index contributed by atoms with van der Waals surface area (Å²) in [4.78, 5) is 8.15. The van der Waals surface area contributed by atoms with Gasteiger partial charge in [0.25, 0.3) is 0 Å². The van der Waals surface area contributed by atoms with Crippen molar-refractivity contribution >= 4 is 11.4 Å². The Morgan fingerprint density at radius 3 is 2.60 bits per heavy atom. The predicted molar refractivity (Wildman–Crippen MR) is 67.6 cm³/mol. The monoisotopic (exact) mass is 278 g/mol. The second-order valence-corrected chi connectivity index (χ2v) is 4.34. The minimum Gasteiger partial charge on any atom is -0.453 e. The Balaban J connectivity index is 2.17. The van der Waals surface area contributed by atoms with Crippen molar-refractivity contribution in [2.75, 3.05) is 0 Å². The summed E-state index contributed by atoms with van der Waals surface area (Å²) in [5.41, 5.74) is 0.549. The lowest BCUT2D eigenvalue weighted by Gasteiger charge is -2.11. The highest BCUT2D eigenvalue weighted by Gasteiger charge is 2.32. The number of fused-ring (bicyclic) bond motifs is 2. The molecule has 0 saturated carbocycles. The molecule has 0 amide bonds. The Bertz CT molecular complexity index is 708. The summed E-state index contributed by atoms with van der Waals surface area (Å²) in [7, 11) is 0. The van der Waals surface area contributed by atoms with Gasteiger partial charge in [-0.15, -0.1) is 0 Å². The van der Waals surface area contributed by atoms with Gasteiger partial charge in [-0.3, -0.25) is 4.98 Å². The molecule has 0 fully saturated rings. The number of benzene rings is 1. The number of aromatic nitrogens is 1. The Morgan fingerprint density at radius 2 is 1.85 bits per heavy atom. The maximum absolute atomic E-state index is 12.7. The van der Waals surface area contributed by atoms with Crippen molar-refractivity contribution in [3.05, 3.63) is 47.8 Å². The molecule has 20 heavy (non-hydrogen) atoms. The van der Waals surface area contributed by atoms with Crippen LogP contribution in [0.25, 0.3) is 0 Å².